The van der Waals surface area contributed by atoms with E-state index in [9.17, 15) is 0 Å². The molecule has 0 atom stereocenters. The molecule has 0 aliphatic carbocycles. The lowest BCUT2D eigenvalue weighted by Crippen LogP contribution is -1.98. The van der Waals surface area contributed by atoms with Crippen molar-refractivity contribution in [2.24, 2.45) is 0 Å². The first-order valence-corrected chi connectivity index (χ1v) is 2.79. The van der Waals surface area contributed by atoms with Crippen molar-refractivity contribution in [2.75, 3.05) is 6.61 Å². The highest BCUT2D eigenvalue weighted by atomic mass is 16.3. The van der Waals surface area contributed by atoms with Crippen LogP contribution < -0.4 is 0 Å². The number of rotatable bonds is 2. The number of hydrogen-bond donors (Lipinski definition) is 2. The third kappa shape index (κ3) is 1.23. The molecule has 1 aromatic heterocycles. The normalized spacial score (nSPS) is 9.89. The molecule has 0 radical (unpaired) electrons. The molecular weight excluding hydrogens is 118 g/mol. The van der Waals surface area contributed by atoms with E-state index in [4.69, 9.17) is 10.2 Å². The Morgan fingerprint density at radius 1 is 1.56 bits per heavy atom. The van der Waals surface area contributed by atoms with Gasteiger partial charge in [-0.2, -0.15) is 0 Å². The first kappa shape index (κ1) is 6.16. The van der Waals surface area contributed by atoms with E-state index < -0.39 is 0 Å². The third-order valence-corrected chi connectivity index (χ3v) is 1.15. The molecule has 50 valence electrons. The lowest BCUT2D eigenvalue weighted by atomic mass is 10.6. The van der Waals surface area contributed by atoms with Crippen LogP contribution in [0.5, 0.6) is 5.88 Å². The number of aromatic hydroxyl groups is 1. The summed E-state index contributed by atoms with van der Waals surface area (Å²) in [4.78, 5) is 0. The Balaban J connectivity index is 2.69. The maximum atomic E-state index is 8.93. The molecule has 0 aliphatic rings. The molecular formula is C6H9NO2. The Hall–Kier alpha value is -0.960. The maximum Gasteiger partial charge on any atom is 0.190 e. The highest BCUT2D eigenvalue weighted by Gasteiger charge is 1.93. The number of nitrogens with zero attached hydrogens (tertiary/aromatic N) is 1. The van der Waals surface area contributed by atoms with Crippen LogP contribution >= 0.6 is 0 Å². The van der Waals surface area contributed by atoms with Crippen molar-refractivity contribution >= 4 is 0 Å². The van der Waals surface area contributed by atoms with Gasteiger partial charge < -0.3 is 14.8 Å². The zero-order valence-corrected chi connectivity index (χ0v) is 4.99. The van der Waals surface area contributed by atoms with Crippen LogP contribution in [0.3, 0.4) is 0 Å². The Kier molecular flexibility index (Phi) is 1.75. The average molecular weight is 127 g/mol. The van der Waals surface area contributed by atoms with E-state index >= 15 is 0 Å². The minimum Gasteiger partial charge on any atom is -0.494 e. The topological polar surface area (TPSA) is 45.4 Å². The van der Waals surface area contributed by atoms with Gasteiger partial charge in [0.25, 0.3) is 0 Å². The maximum absolute atomic E-state index is 8.93. The van der Waals surface area contributed by atoms with E-state index in [0.717, 1.165) is 0 Å². The van der Waals surface area contributed by atoms with Crippen LogP contribution in [0.4, 0.5) is 0 Å². The first-order chi connectivity index (χ1) is 4.34. The molecule has 0 unspecified atom stereocenters. The predicted molar refractivity (Wildman–Crippen MR) is 33.2 cm³/mol. The molecule has 2 N–H and O–H groups in total. The van der Waals surface area contributed by atoms with E-state index in [0.29, 0.717) is 6.54 Å². The fraction of sp³-hybridized carbons (Fsp3) is 0.333. The molecule has 1 heterocycles. The Bertz CT molecular complexity index is 183. The molecule has 1 aromatic rings. The van der Waals surface area contributed by atoms with Gasteiger partial charge in [0, 0.05) is 12.7 Å². The molecule has 0 amide bonds. The lowest BCUT2D eigenvalue weighted by Gasteiger charge is -1.98. The summed E-state index contributed by atoms with van der Waals surface area (Å²) in [6.07, 6.45) is 1.71. The van der Waals surface area contributed by atoms with E-state index in [1.165, 1.54) is 0 Å². The van der Waals surface area contributed by atoms with Crippen molar-refractivity contribution in [3.63, 3.8) is 0 Å². The van der Waals surface area contributed by atoms with Crippen LogP contribution in [0.1, 0.15) is 0 Å². The highest BCUT2D eigenvalue weighted by Crippen LogP contribution is 2.07. The molecule has 0 bridgehead atoms. The SMILES string of the molecule is OCCn1cccc1O. The van der Waals surface area contributed by atoms with Crippen molar-refractivity contribution < 1.29 is 10.2 Å². The second kappa shape index (κ2) is 2.55. The van der Waals surface area contributed by atoms with Crippen molar-refractivity contribution in [3.8, 4) is 5.88 Å². The van der Waals surface area contributed by atoms with E-state index in [1.54, 1.807) is 22.9 Å². The van der Waals surface area contributed by atoms with Gasteiger partial charge >= 0.3 is 0 Å². The Morgan fingerprint density at radius 2 is 2.33 bits per heavy atom. The summed E-state index contributed by atoms with van der Waals surface area (Å²) in [5.74, 6) is 0.198. The molecule has 1 rings (SSSR count). The van der Waals surface area contributed by atoms with Crippen LogP contribution in [0.15, 0.2) is 18.3 Å². The second-order valence-corrected chi connectivity index (χ2v) is 1.78. The Morgan fingerprint density at radius 3 is 2.78 bits per heavy atom. The van der Waals surface area contributed by atoms with Crippen LogP contribution in [0, 0.1) is 0 Å². The lowest BCUT2D eigenvalue weighted by molar-refractivity contribution is 0.267. The Labute approximate surface area is 53.2 Å². The molecule has 0 aromatic carbocycles. The number of aromatic nitrogens is 1. The standard InChI is InChI=1S/C6H9NO2/c8-5-4-7-3-1-2-6(7)9/h1-3,8-9H,4-5H2. The van der Waals surface area contributed by atoms with Crippen LogP contribution in [-0.2, 0) is 6.54 Å². The van der Waals surface area contributed by atoms with Gasteiger partial charge in [0.1, 0.15) is 0 Å². The average Bonchev–Trinajstić information content (AvgIpc) is 2.18. The summed E-state index contributed by atoms with van der Waals surface area (Å²) in [5.41, 5.74) is 0. The zero-order chi connectivity index (χ0) is 6.69. The molecule has 0 spiro atoms. The summed E-state index contributed by atoms with van der Waals surface area (Å²) < 4.78 is 1.57. The van der Waals surface area contributed by atoms with Crippen LogP contribution in [0.2, 0.25) is 0 Å². The molecule has 9 heavy (non-hydrogen) atoms. The molecule has 0 saturated carbocycles. The van der Waals surface area contributed by atoms with E-state index in [1.807, 2.05) is 0 Å². The van der Waals surface area contributed by atoms with Gasteiger partial charge in [-0.3, -0.25) is 0 Å². The van der Waals surface area contributed by atoms with Gasteiger partial charge in [0.15, 0.2) is 5.88 Å². The molecule has 3 nitrogen and oxygen atoms in total. The minimum atomic E-state index is 0.0578. The van der Waals surface area contributed by atoms with Gasteiger partial charge in [0.05, 0.1) is 6.61 Å². The largest absolute Gasteiger partial charge is 0.494 e. The third-order valence-electron chi connectivity index (χ3n) is 1.15. The predicted octanol–water partition coefficient (Wildman–Crippen LogP) is 0.186. The minimum absolute atomic E-state index is 0.0578. The molecule has 0 saturated heterocycles. The number of aliphatic hydroxyl groups excluding tert-OH is 1. The van der Waals surface area contributed by atoms with E-state index in [2.05, 4.69) is 0 Å². The number of aliphatic hydroxyl groups is 1. The van der Waals surface area contributed by atoms with Gasteiger partial charge in [-0.25, -0.2) is 0 Å². The van der Waals surface area contributed by atoms with Crippen molar-refractivity contribution in [1.29, 1.82) is 0 Å². The fourth-order valence-electron chi connectivity index (χ4n) is 0.702. The van der Waals surface area contributed by atoms with Gasteiger partial charge in [-0.15, -0.1) is 0 Å². The summed E-state index contributed by atoms with van der Waals surface area (Å²) in [6.45, 7) is 0.515. The summed E-state index contributed by atoms with van der Waals surface area (Å²) in [7, 11) is 0. The van der Waals surface area contributed by atoms with E-state index in [-0.39, 0.29) is 12.5 Å². The first-order valence-electron chi connectivity index (χ1n) is 2.79. The van der Waals surface area contributed by atoms with Gasteiger partial charge in [-0.1, -0.05) is 0 Å². The smallest absolute Gasteiger partial charge is 0.190 e. The molecule has 3 heteroatoms. The van der Waals surface area contributed by atoms with Gasteiger partial charge in [-0.05, 0) is 12.1 Å². The summed E-state index contributed by atoms with van der Waals surface area (Å²) in [6, 6.07) is 3.31. The quantitative estimate of drug-likeness (QED) is 0.595. The summed E-state index contributed by atoms with van der Waals surface area (Å²) >= 11 is 0. The number of hydrogen-bond acceptors (Lipinski definition) is 2. The van der Waals surface area contributed by atoms with Crippen molar-refractivity contribution in [2.45, 2.75) is 6.54 Å². The van der Waals surface area contributed by atoms with Gasteiger partial charge in [0.2, 0.25) is 0 Å². The monoisotopic (exact) mass is 127 g/mol. The summed E-state index contributed by atoms with van der Waals surface area (Å²) in [5, 5.41) is 17.4. The van der Waals surface area contributed by atoms with Crippen LogP contribution in [-0.4, -0.2) is 21.4 Å². The zero-order valence-electron chi connectivity index (χ0n) is 4.99. The highest BCUT2D eigenvalue weighted by molar-refractivity contribution is 5.10. The van der Waals surface area contributed by atoms with Crippen LogP contribution in [0.25, 0.3) is 0 Å². The fourth-order valence-corrected chi connectivity index (χ4v) is 0.702. The molecule has 0 aliphatic heterocycles. The van der Waals surface area contributed by atoms with Crippen molar-refractivity contribution in [3.05, 3.63) is 18.3 Å². The second-order valence-electron chi connectivity index (χ2n) is 1.78. The molecule has 0 fully saturated rings. The van der Waals surface area contributed by atoms with Crippen molar-refractivity contribution in [1.82, 2.24) is 4.57 Å².